The summed E-state index contributed by atoms with van der Waals surface area (Å²) >= 11 is 0. The van der Waals surface area contributed by atoms with Crippen molar-refractivity contribution in [2.45, 2.75) is 58.1 Å². The van der Waals surface area contributed by atoms with Crippen molar-refractivity contribution >= 4 is 10.2 Å². The van der Waals surface area contributed by atoms with Gasteiger partial charge in [-0.2, -0.15) is 13.1 Å². The van der Waals surface area contributed by atoms with Crippen LogP contribution in [-0.4, -0.2) is 31.7 Å². The molecule has 0 aromatic carbocycles. The molecule has 0 saturated heterocycles. The zero-order valence-corrected chi connectivity index (χ0v) is 11.7. The summed E-state index contributed by atoms with van der Waals surface area (Å²) < 4.78 is 28.5. The molecule has 0 aromatic heterocycles. The van der Waals surface area contributed by atoms with Gasteiger partial charge in [-0.15, -0.1) is 0 Å². The van der Waals surface area contributed by atoms with Gasteiger partial charge in [0.1, 0.15) is 0 Å². The van der Waals surface area contributed by atoms with Crippen molar-refractivity contribution in [1.82, 2.24) is 9.44 Å². The van der Waals surface area contributed by atoms with Gasteiger partial charge in [-0.1, -0.05) is 6.42 Å². The van der Waals surface area contributed by atoms with Crippen LogP contribution in [0.15, 0.2) is 0 Å². The molecule has 3 N–H and O–H groups in total. The number of aliphatic hydroxyl groups is 1. The molecule has 17 heavy (non-hydrogen) atoms. The van der Waals surface area contributed by atoms with Gasteiger partial charge in [-0.3, -0.25) is 0 Å². The van der Waals surface area contributed by atoms with Gasteiger partial charge < -0.3 is 5.11 Å². The molecule has 1 fully saturated rings. The van der Waals surface area contributed by atoms with Crippen molar-refractivity contribution in [3.63, 3.8) is 0 Å². The Kier molecular flexibility index (Phi) is 4.95. The Bertz CT molecular complexity index is 335. The molecule has 6 heteroatoms. The Morgan fingerprint density at radius 2 is 1.94 bits per heavy atom. The third-order valence-electron chi connectivity index (χ3n) is 2.76. The largest absolute Gasteiger partial charge is 0.393 e. The molecule has 0 aliphatic heterocycles. The maximum Gasteiger partial charge on any atom is 0.277 e. The minimum atomic E-state index is -3.44. The Hall–Kier alpha value is -0.170. The molecule has 5 nitrogen and oxygen atoms in total. The lowest BCUT2D eigenvalue weighted by Crippen LogP contribution is -2.48. The molecule has 0 aromatic rings. The Morgan fingerprint density at radius 3 is 2.47 bits per heavy atom. The Balaban J connectivity index is 2.39. The standard InChI is InChI=1S/C11H24N2O3S/c1-11(2,3)13-17(15,16)12-8-9-5-4-6-10(14)7-9/h9-10,12-14H,4-8H2,1-3H3. The van der Waals surface area contributed by atoms with E-state index >= 15 is 0 Å². The molecular weight excluding hydrogens is 240 g/mol. The fourth-order valence-corrected chi connectivity index (χ4v) is 3.45. The monoisotopic (exact) mass is 264 g/mol. The smallest absolute Gasteiger partial charge is 0.277 e. The SMILES string of the molecule is CC(C)(C)NS(=O)(=O)NCC1CCCC(O)C1. The van der Waals surface area contributed by atoms with Crippen molar-refractivity contribution in [2.24, 2.45) is 5.92 Å². The Labute approximate surface area is 104 Å². The molecule has 1 aliphatic carbocycles. The molecular formula is C11H24N2O3S. The first-order valence-corrected chi connectivity index (χ1v) is 7.63. The maximum absolute atomic E-state index is 11.7. The third-order valence-corrected chi connectivity index (χ3v) is 4.19. The second kappa shape index (κ2) is 5.65. The fraction of sp³-hybridized carbons (Fsp3) is 1.00. The van der Waals surface area contributed by atoms with E-state index in [1.54, 1.807) is 20.8 Å². The Morgan fingerprint density at radius 1 is 1.29 bits per heavy atom. The third kappa shape index (κ3) is 6.35. The van der Waals surface area contributed by atoms with Gasteiger partial charge in [0.25, 0.3) is 10.2 Å². The van der Waals surface area contributed by atoms with E-state index in [1.165, 1.54) is 0 Å². The van der Waals surface area contributed by atoms with Crippen LogP contribution >= 0.6 is 0 Å². The fourth-order valence-electron chi connectivity index (χ4n) is 2.11. The number of aliphatic hydroxyl groups excluding tert-OH is 1. The first-order chi connectivity index (χ1) is 7.68. The zero-order chi connectivity index (χ0) is 13.1. The average Bonchev–Trinajstić information content (AvgIpc) is 2.11. The van der Waals surface area contributed by atoms with Crippen molar-refractivity contribution < 1.29 is 13.5 Å². The van der Waals surface area contributed by atoms with E-state index in [0.29, 0.717) is 13.0 Å². The van der Waals surface area contributed by atoms with Gasteiger partial charge in [0.2, 0.25) is 0 Å². The molecule has 2 unspecified atom stereocenters. The van der Waals surface area contributed by atoms with Crippen LogP contribution in [0.25, 0.3) is 0 Å². The number of rotatable bonds is 4. The van der Waals surface area contributed by atoms with Crippen LogP contribution in [0.1, 0.15) is 46.5 Å². The van der Waals surface area contributed by atoms with E-state index in [9.17, 15) is 13.5 Å². The molecule has 0 amide bonds. The summed E-state index contributed by atoms with van der Waals surface area (Å²) in [5.74, 6) is 0.246. The van der Waals surface area contributed by atoms with Crippen molar-refractivity contribution in [3.05, 3.63) is 0 Å². The van der Waals surface area contributed by atoms with Crippen LogP contribution in [-0.2, 0) is 10.2 Å². The molecule has 2 atom stereocenters. The van der Waals surface area contributed by atoms with E-state index in [0.717, 1.165) is 19.3 Å². The highest BCUT2D eigenvalue weighted by atomic mass is 32.2. The van der Waals surface area contributed by atoms with Crippen LogP contribution < -0.4 is 9.44 Å². The molecule has 0 heterocycles. The van der Waals surface area contributed by atoms with Gasteiger partial charge in [0.15, 0.2) is 0 Å². The van der Waals surface area contributed by atoms with Gasteiger partial charge in [0, 0.05) is 12.1 Å². The lowest BCUT2D eigenvalue weighted by Gasteiger charge is -2.27. The molecule has 1 saturated carbocycles. The van der Waals surface area contributed by atoms with Gasteiger partial charge in [-0.05, 0) is 46.0 Å². The summed E-state index contributed by atoms with van der Waals surface area (Å²) in [6.07, 6.45) is 3.21. The topological polar surface area (TPSA) is 78.4 Å². The van der Waals surface area contributed by atoms with Gasteiger partial charge in [-0.25, -0.2) is 4.72 Å². The first-order valence-electron chi connectivity index (χ1n) is 6.14. The first kappa shape index (κ1) is 14.9. The van der Waals surface area contributed by atoms with Crippen molar-refractivity contribution in [1.29, 1.82) is 0 Å². The summed E-state index contributed by atoms with van der Waals surface area (Å²) in [6, 6.07) is 0. The lowest BCUT2D eigenvalue weighted by atomic mass is 9.87. The minimum absolute atomic E-state index is 0.246. The molecule has 0 bridgehead atoms. The summed E-state index contributed by atoms with van der Waals surface area (Å²) in [4.78, 5) is 0. The van der Waals surface area contributed by atoms with Crippen LogP contribution in [0.3, 0.4) is 0 Å². The van der Waals surface area contributed by atoms with Crippen LogP contribution in [0.2, 0.25) is 0 Å². The number of hydrogen-bond acceptors (Lipinski definition) is 3. The quantitative estimate of drug-likeness (QED) is 0.701. The second-order valence-electron chi connectivity index (χ2n) is 5.89. The number of nitrogens with one attached hydrogen (secondary N) is 2. The summed E-state index contributed by atoms with van der Waals surface area (Å²) in [5.41, 5.74) is -0.474. The van der Waals surface area contributed by atoms with Crippen molar-refractivity contribution in [2.75, 3.05) is 6.54 Å². The maximum atomic E-state index is 11.7. The highest BCUT2D eigenvalue weighted by Crippen LogP contribution is 2.23. The summed E-state index contributed by atoms with van der Waals surface area (Å²) in [6.45, 7) is 5.81. The molecule has 1 aliphatic rings. The number of hydrogen-bond donors (Lipinski definition) is 3. The molecule has 0 radical (unpaired) electrons. The highest BCUT2D eigenvalue weighted by Gasteiger charge is 2.24. The molecule has 0 spiro atoms. The second-order valence-corrected chi connectivity index (χ2v) is 7.39. The molecule has 1 rings (SSSR count). The van der Waals surface area contributed by atoms with Gasteiger partial charge in [0.05, 0.1) is 6.10 Å². The van der Waals surface area contributed by atoms with E-state index in [2.05, 4.69) is 9.44 Å². The van der Waals surface area contributed by atoms with Crippen LogP contribution in [0.4, 0.5) is 0 Å². The van der Waals surface area contributed by atoms with E-state index < -0.39 is 15.7 Å². The average molecular weight is 264 g/mol. The van der Waals surface area contributed by atoms with E-state index in [4.69, 9.17) is 0 Å². The zero-order valence-electron chi connectivity index (χ0n) is 10.9. The van der Waals surface area contributed by atoms with Crippen molar-refractivity contribution in [3.8, 4) is 0 Å². The summed E-state index contributed by atoms with van der Waals surface area (Å²) in [5, 5.41) is 9.50. The van der Waals surface area contributed by atoms with E-state index in [-0.39, 0.29) is 12.0 Å². The van der Waals surface area contributed by atoms with Gasteiger partial charge >= 0.3 is 0 Å². The predicted octanol–water partition coefficient (Wildman–Crippen LogP) is 0.760. The van der Waals surface area contributed by atoms with E-state index in [1.807, 2.05) is 0 Å². The van der Waals surface area contributed by atoms with Crippen LogP contribution in [0, 0.1) is 5.92 Å². The summed E-state index contributed by atoms with van der Waals surface area (Å²) in [7, 11) is -3.44. The highest BCUT2D eigenvalue weighted by molar-refractivity contribution is 7.87. The van der Waals surface area contributed by atoms with Crippen LogP contribution in [0.5, 0.6) is 0 Å². The normalized spacial score (nSPS) is 27.1. The lowest BCUT2D eigenvalue weighted by molar-refractivity contribution is 0.102. The minimum Gasteiger partial charge on any atom is -0.393 e. The predicted molar refractivity (Wildman–Crippen MR) is 67.8 cm³/mol. The molecule has 102 valence electrons.